The molecule has 0 unspecified atom stereocenters. The van der Waals surface area contributed by atoms with Gasteiger partial charge < -0.3 is 15.0 Å². The van der Waals surface area contributed by atoms with E-state index < -0.39 is 17.4 Å². The minimum absolute atomic E-state index is 0.0124. The molecule has 2 fully saturated rings. The number of likely N-dealkylation sites (tertiary alicyclic amines) is 1. The van der Waals surface area contributed by atoms with E-state index in [-0.39, 0.29) is 17.9 Å². The van der Waals surface area contributed by atoms with Crippen LogP contribution in [-0.4, -0.2) is 46.5 Å². The molecule has 28 heavy (non-hydrogen) atoms. The summed E-state index contributed by atoms with van der Waals surface area (Å²) in [5, 5.41) is 3.49. The summed E-state index contributed by atoms with van der Waals surface area (Å²) in [6.45, 7) is 3.11. The predicted molar refractivity (Wildman–Crippen MR) is 106 cm³/mol. The Kier molecular flexibility index (Phi) is 4.10. The molecule has 2 aromatic rings. The number of thiazole rings is 1. The molecule has 3 aliphatic rings. The highest BCUT2D eigenvalue weighted by Crippen LogP contribution is 2.52. The van der Waals surface area contributed by atoms with Crippen LogP contribution in [0.5, 0.6) is 0 Å². The first-order valence-electron chi connectivity index (χ1n) is 9.55. The van der Waals surface area contributed by atoms with Crippen LogP contribution in [0.4, 0.5) is 5.13 Å². The van der Waals surface area contributed by atoms with E-state index in [1.807, 2.05) is 37.3 Å². The van der Waals surface area contributed by atoms with Crippen LogP contribution in [0.25, 0.3) is 0 Å². The maximum atomic E-state index is 13.0. The van der Waals surface area contributed by atoms with Gasteiger partial charge in [0, 0.05) is 24.0 Å². The Labute approximate surface area is 167 Å². The Hall–Kier alpha value is -2.51. The lowest BCUT2D eigenvalue weighted by Gasteiger charge is -2.23. The van der Waals surface area contributed by atoms with Gasteiger partial charge >= 0.3 is 0 Å². The van der Waals surface area contributed by atoms with Crippen LogP contribution >= 0.6 is 11.3 Å². The minimum Gasteiger partial charge on any atom is -0.360 e. The average molecular weight is 395 g/mol. The molecule has 5 rings (SSSR count). The summed E-state index contributed by atoms with van der Waals surface area (Å²) >= 11 is 1.47. The summed E-state index contributed by atoms with van der Waals surface area (Å²) in [5.41, 5.74) is 0.565. The molecule has 1 aromatic heterocycles. The number of anilines is 1. The first-order chi connectivity index (χ1) is 13.6. The first kappa shape index (κ1) is 17.6. The average Bonchev–Trinajstić information content (AvgIpc) is 3.44. The molecular weight excluding hydrogens is 374 g/mol. The number of benzene rings is 1. The van der Waals surface area contributed by atoms with Gasteiger partial charge in [0.25, 0.3) is 0 Å². The van der Waals surface area contributed by atoms with Gasteiger partial charge in [-0.25, -0.2) is 4.98 Å². The van der Waals surface area contributed by atoms with Crippen LogP contribution < -0.4 is 5.32 Å². The second-order valence-corrected chi connectivity index (χ2v) is 8.65. The maximum absolute atomic E-state index is 13.0. The molecule has 0 aliphatic carbocycles. The number of ether oxygens (including phenoxy) is 1. The summed E-state index contributed by atoms with van der Waals surface area (Å²) in [6.07, 6.45) is 6.14. The zero-order valence-corrected chi connectivity index (χ0v) is 16.3. The number of aromatic nitrogens is 1. The predicted octanol–water partition coefficient (Wildman–Crippen LogP) is 2.47. The quantitative estimate of drug-likeness (QED) is 0.790. The third kappa shape index (κ3) is 2.69. The van der Waals surface area contributed by atoms with E-state index in [0.717, 1.165) is 11.3 Å². The number of fused-ring (bicyclic) bond motifs is 1. The minimum atomic E-state index is -0.638. The van der Waals surface area contributed by atoms with Gasteiger partial charge in [0.05, 0.1) is 24.5 Å². The van der Waals surface area contributed by atoms with Gasteiger partial charge in [-0.05, 0) is 12.5 Å². The Morgan fingerprint density at radius 1 is 1.39 bits per heavy atom. The summed E-state index contributed by atoms with van der Waals surface area (Å²) in [6, 6.07) is 10.2. The van der Waals surface area contributed by atoms with E-state index >= 15 is 0 Å². The highest BCUT2D eigenvalue weighted by atomic mass is 32.1. The summed E-state index contributed by atoms with van der Waals surface area (Å²) in [7, 11) is 0. The second kappa shape index (κ2) is 6.53. The fourth-order valence-electron chi connectivity index (χ4n) is 4.58. The number of carbonyl (C=O) groups excluding carboxylic acids is 2. The van der Waals surface area contributed by atoms with Crippen molar-refractivity contribution in [2.24, 2.45) is 11.8 Å². The van der Waals surface area contributed by atoms with E-state index in [0.29, 0.717) is 18.2 Å². The summed E-state index contributed by atoms with van der Waals surface area (Å²) in [4.78, 5) is 33.0. The molecule has 0 saturated carbocycles. The lowest BCUT2D eigenvalue weighted by Crippen LogP contribution is -2.41. The first-order valence-corrected chi connectivity index (χ1v) is 10.4. The van der Waals surface area contributed by atoms with E-state index in [4.69, 9.17) is 4.74 Å². The number of nitrogens with one attached hydrogen (secondary N) is 1. The third-order valence-corrected chi connectivity index (χ3v) is 6.78. The highest BCUT2D eigenvalue weighted by molar-refractivity contribution is 7.15. The van der Waals surface area contributed by atoms with E-state index in [1.165, 1.54) is 16.9 Å². The lowest BCUT2D eigenvalue weighted by molar-refractivity contribution is -0.135. The van der Waals surface area contributed by atoms with Crippen LogP contribution in [0.3, 0.4) is 0 Å². The molecule has 2 amide bonds. The Morgan fingerprint density at radius 2 is 2.21 bits per heavy atom. The molecule has 4 atom stereocenters. The van der Waals surface area contributed by atoms with Crippen molar-refractivity contribution in [1.29, 1.82) is 0 Å². The van der Waals surface area contributed by atoms with Gasteiger partial charge in [0.1, 0.15) is 5.60 Å². The zero-order valence-electron chi connectivity index (χ0n) is 15.5. The van der Waals surface area contributed by atoms with Crippen LogP contribution in [0.2, 0.25) is 0 Å². The number of hydrogen-bond acceptors (Lipinski definition) is 5. The fraction of sp³-hybridized carbons (Fsp3) is 0.381. The lowest BCUT2D eigenvalue weighted by atomic mass is 9.77. The largest absolute Gasteiger partial charge is 0.360 e. The SMILES string of the molecule is CCN1C[C@@]23C=C[C@@H](O2)[C@@H](C(=O)Nc2ncc(Cc4ccccc4)s2)[C@@H]3C1=O. The molecule has 1 spiro atoms. The van der Waals surface area contributed by atoms with Crippen molar-refractivity contribution in [2.45, 2.75) is 25.0 Å². The van der Waals surface area contributed by atoms with Crippen molar-refractivity contribution >= 4 is 28.3 Å². The van der Waals surface area contributed by atoms with Crippen molar-refractivity contribution < 1.29 is 14.3 Å². The van der Waals surface area contributed by atoms with Crippen LogP contribution in [0.1, 0.15) is 17.4 Å². The molecule has 1 aromatic carbocycles. The molecule has 0 radical (unpaired) electrons. The fourth-order valence-corrected chi connectivity index (χ4v) is 5.43. The van der Waals surface area contributed by atoms with Gasteiger partial charge in [-0.2, -0.15) is 0 Å². The van der Waals surface area contributed by atoms with Crippen LogP contribution in [0, 0.1) is 11.8 Å². The van der Waals surface area contributed by atoms with Gasteiger partial charge in [-0.1, -0.05) is 42.5 Å². The molecule has 4 heterocycles. The number of carbonyl (C=O) groups is 2. The number of likely N-dealkylation sites (N-methyl/N-ethyl adjacent to an activating group) is 1. The number of hydrogen-bond donors (Lipinski definition) is 1. The van der Waals surface area contributed by atoms with Crippen LogP contribution in [0.15, 0.2) is 48.7 Å². The van der Waals surface area contributed by atoms with Gasteiger partial charge in [-0.3, -0.25) is 9.59 Å². The standard InChI is InChI=1S/C21H21N3O3S/c1-2-24-12-21-9-8-15(27-21)16(17(21)19(24)26)18(25)23-20-22-11-14(28-20)10-13-6-4-3-5-7-13/h3-9,11,15-17H,2,10,12H2,1H3,(H,22,23,25)/t15-,16-,17-,21-/m1/s1. The zero-order chi connectivity index (χ0) is 19.3. The van der Waals surface area contributed by atoms with Crippen molar-refractivity contribution in [3.8, 4) is 0 Å². The van der Waals surface area contributed by atoms with Gasteiger partial charge in [-0.15, -0.1) is 11.3 Å². The van der Waals surface area contributed by atoms with Crippen molar-refractivity contribution in [2.75, 3.05) is 18.4 Å². The number of amides is 2. The van der Waals surface area contributed by atoms with Gasteiger partial charge in [0.2, 0.25) is 11.8 Å². The number of rotatable bonds is 5. The Balaban J connectivity index is 1.31. The molecule has 1 N–H and O–H groups in total. The normalized spacial score (nSPS) is 30.1. The molecular formula is C21H21N3O3S. The third-order valence-electron chi connectivity index (χ3n) is 5.87. The summed E-state index contributed by atoms with van der Waals surface area (Å²) < 4.78 is 6.09. The van der Waals surface area contributed by atoms with E-state index in [9.17, 15) is 9.59 Å². The van der Waals surface area contributed by atoms with Crippen molar-refractivity contribution in [1.82, 2.24) is 9.88 Å². The maximum Gasteiger partial charge on any atom is 0.233 e. The van der Waals surface area contributed by atoms with Crippen LogP contribution in [-0.2, 0) is 20.7 Å². The highest BCUT2D eigenvalue weighted by Gasteiger charge is 2.66. The molecule has 2 bridgehead atoms. The number of nitrogens with zero attached hydrogens (tertiary/aromatic N) is 2. The van der Waals surface area contributed by atoms with Crippen molar-refractivity contribution in [3.05, 3.63) is 59.1 Å². The van der Waals surface area contributed by atoms with Gasteiger partial charge in [0.15, 0.2) is 5.13 Å². The Bertz CT molecular complexity index is 957. The summed E-state index contributed by atoms with van der Waals surface area (Å²) in [5.74, 6) is -1.12. The molecule has 6 nitrogen and oxygen atoms in total. The molecule has 144 valence electrons. The monoisotopic (exact) mass is 395 g/mol. The Morgan fingerprint density at radius 3 is 3.00 bits per heavy atom. The van der Waals surface area contributed by atoms with E-state index in [1.54, 1.807) is 11.1 Å². The molecule has 7 heteroatoms. The molecule has 2 saturated heterocycles. The molecule has 3 aliphatic heterocycles. The second-order valence-electron chi connectivity index (χ2n) is 7.54. The smallest absolute Gasteiger partial charge is 0.233 e. The van der Waals surface area contributed by atoms with E-state index in [2.05, 4.69) is 22.4 Å². The van der Waals surface area contributed by atoms with Crippen molar-refractivity contribution in [3.63, 3.8) is 0 Å². The topological polar surface area (TPSA) is 71.5 Å².